The highest BCUT2D eigenvalue weighted by molar-refractivity contribution is 7.92. The average Bonchev–Trinajstić information content (AvgIpc) is 2.86. The molecule has 9 heteroatoms. The molecule has 0 aromatic heterocycles. The van der Waals surface area contributed by atoms with Crippen LogP contribution in [0.2, 0.25) is 0 Å². The summed E-state index contributed by atoms with van der Waals surface area (Å²) >= 11 is 0. The van der Waals surface area contributed by atoms with Crippen LogP contribution in [0.5, 0.6) is 5.75 Å². The van der Waals surface area contributed by atoms with Crippen LogP contribution in [0.1, 0.15) is 19.3 Å². The first-order valence-electron chi connectivity index (χ1n) is 8.91. The topological polar surface area (TPSA) is 93.2 Å². The third-order valence-electron chi connectivity index (χ3n) is 5.01. The lowest BCUT2D eigenvalue weighted by Gasteiger charge is -2.32. The lowest BCUT2D eigenvalue weighted by molar-refractivity contribution is -0.150. The van der Waals surface area contributed by atoms with E-state index in [1.54, 1.807) is 29.2 Å². The largest absolute Gasteiger partial charge is 0.478 e. The summed E-state index contributed by atoms with van der Waals surface area (Å²) in [7, 11) is -2.11. The van der Waals surface area contributed by atoms with Gasteiger partial charge in [0.25, 0.3) is 5.91 Å². The number of hydrogen-bond donors (Lipinski definition) is 0. The fraction of sp³-hybridized carbons (Fsp3) is 0.556. The third kappa shape index (κ3) is 4.18. The predicted molar refractivity (Wildman–Crippen MR) is 99.0 cm³/mol. The Hall–Kier alpha value is -2.29. The molecule has 1 aromatic rings. The number of sulfonamides is 1. The maximum absolute atomic E-state index is 12.9. The Kier molecular flexibility index (Phi) is 5.59. The van der Waals surface area contributed by atoms with Crippen molar-refractivity contribution in [3.05, 3.63) is 24.3 Å². The van der Waals surface area contributed by atoms with Crippen LogP contribution >= 0.6 is 0 Å². The van der Waals surface area contributed by atoms with E-state index in [2.05, 4.69) is 0 Å². The molecule has 0 bridgehead atoms. The first-order valence-corrected chi connectivity index (χ1v) is 10.8. The molecule has 1 fully saturated rings. The van der Waals surface area contributed by atoms with Gasteiger partial charge in [-0.3, -0.25) is 13.9 Å². The number of piperidine rings is 1. The zero-order valence-electron chi connectivity index (χ0n) is 15.5. The van der Waals surface area contributed by atoms with Gasteiger partial charge in [-0.15, -0.1) is 0 Å². The maximum atomic E-state index is 12.9. The lowest BCUT2D eigenvalue weighted by atomic mass is 9.96. The molecule has 8 nitrogen and oxygen atoms in total. The highest BCUT2D eigenvalue weighted by Gasteiger charge is 2.35. The fourth-order valence-electron chi connectivity index (χ4n) is 3.55. The van der Waals surface area contributed by atoms with Crippen molar-refractivity contribution in [1.29, 1.82) is 0 Å². The molecule has 1 amide bonds. The zero-order valence-corrected chi connectivity index (χ0v) is 16.3. The van der Waals surface area contributed by atoms with Crippen molar-refractivity contribution in [2.75, 3.05) is 37.3 Å². The highest BCUT2D eigenvalue weighted by atomic mass is 32.2. The summed E-state index contributed by atoms with van der Waals surface area (Å²) in [5.41, 5.74) is 0.444. The Morgan fingerprint density at radius 1 is 1.11 bits per heavy atom. The Morgan fingerprint density at radius 3 is 2.41 bits per heavy atom. The summed E-state index contributed by atoms with van der Waals surface area (Å²) in [4.78, 5) is 26.3. The maximum Gasteiger partial charge on any atom is 0.308 e. The number of amides is 1. The molecule has 0 aliphatic carbocycles. The number of ether oxygens (including phenoxy) is 2. The summed E-state index contributed by atoms with van der Waals surface area (Å²) in [5.74, 6) is -0.229. The summed E-state index contributed by atoms with van der Waals surface area (Å²) in [6.07, 6.45) is 1.75. The smallest absolute Gasteiger partial charge is 0.308 e. The van der Waals surface area contributed by atoms with Crippen LogP contribution in [0.3, 0.4) is 0 Å². The number of fused-ring (bicyclic) bond motifs is 1. The normalized spacial score (nSPS) is 21.0. The van der Waals surface area contributed by atoms with E-state index in [0.29, 0.717) is 37.4 Å². The van der Waals surface area contributed by atoms with Gasteiger partial charge in [0.2, 0.25) is 10.0 Å². The molecule has 0 N–H and O–H groups in total. The van der Waals surface area contributed by atoms with E-state index in [4.69, 9.17) is 9.47 Å². The second-order valence-corrected chi connectivity index (χ2v) is 8.73. The van der Waals surface area contributed by atoms with Crippen molar-refractivity contribution in [1.82, 2.24) is 4.90 Å². The average molecular weight is 396 g/mol. The van der Waals surface area contributed by atoms with E-state index in [0.717, 1.165) is 6.26 Å². The molecule has 1 saturated heterocycles. The summed E-state index contributed by atoms with van der Waals surface area (Å²) in [6, 6.07) is 6.82. The van der Waals surface area contributed by atoms with E-state index in [1.807, 2.05) is 0 Å². The number of carbonyl (C=O) groups excluding carboxylic acids is 2. The Morgan fingerprint density at radius 2 is 1.78 bits per heavy atom. The van der Waals surface area contributed by atoms with Crippen molar-refractivity contribution >= 4 is 27.6 Å². The van der Waals surface area contributed by atoms with Gasteiger partial charge in [0.15, 0.2) is 6.10 Å². The first kappa shape index (κ1) is 19.5. The summed E-state index contributed by atoms with van der Waals surface area (Å²) in [5, 5.41) is 0. The molecule has 0 radical (unpaired) electrons. The number of nitrogens with zero attached hydrogens (tertiary/aromatic N) is 2. The van der Waals surface area contributed by atoms with Crippen LogP contribution in [0.15, 0.2) is 24.3 Å². The van der Waals surface area contributed by atoms with E-state index in [1.165, 1.54) is 11.4 Å². The molecule has 0 spiro atoms. The molecular formula is C18H24N2O6S. The minimum atomic E-state index is -3.48. The van der Waals surface area contributed by atoms with Gasteiger partial charge >= 0.3 is 5.97 Å². The van der Waals surface area contributed by atoms with Crippen molar-refractivity contribution in [2.45, 2.75) is 25.4 Å². The monoisotopic (exact) mass is 396 g/mol. The Bertz CT molecular complexity index is 817. The van der Waals surface area contributed by atoms with Gasteiger partial charge in [-0.25, -0.2) is 8.42 Å². The molecule has 2 heterocycles. The van der Waals surface area contributed by atoms with Gasteiger partial charge in [0, 0.05) is 26.1 Å². The molecule has 0 unspecified atom stereocenters. The number of likely N-dealkylation sites (tertiary alicyclic amines) is 1. The molecule has 148 valence electrons. The summed E-state index contributed by atoms with van der Waals surface area (Å²) in [6.45, 7) is 1.08. The minimum absolute atomic E-state index is 0.172. The fourth-order valence-corrected chi connectivity index (χ4v) is 4.50. The number of hydrogen-bond acceptors (Lipinski definition) is 6. The lowest BCUT2D eigenvalue weighted by Crippen LogP contribution is -2.47. The number of rotatable bonds is 3. The van der Waals surface area contributed by atoms with Gasteiger partial charge in [-0.1, -0.05) is 12.1 Å². The molecule has 0 saturated carbocycles. The van der Waals surface area contributed by atoms with Crippen molar-refractivity contribution in [3.63, 3.8) is 0 Å². The second kappa shape index (κ2) is 7.75. The highest BCUT2D eigenvalue weighted by Crippen LogP contribution is 2.34. The molecule has 2 aliphatic heterocycles. The van der Waals surface area contributed by atoms with Crippen molar-refractivity contribution < 1.29 is 27.5 Å². The standard InChI is InChI=1S/C18H24N2O6S/c1-25-18(22)13-7-10-19(11-8-13)17(21)16-9-12-20(27(2,23)24)14-5-3-4-6-15(14)26-16/h3-6,13,16H,7-12H2,1-2H3/t16-/m0/s1. The Balaban J connectivity index is 1.74. The number of anilines is 1. The molecule has 3 rings (SSSR count). The second-order valence-electron chi connectivity index (χ2n) is 6.82. The number of para-hydroxylation sites is 2. The molecular weight excluding hydrogens is 372 g/mol. The molecule has 1 atom stereocenters. The third-order valence-corrected chi connectivity index (χ3v) is 6.19. The number of methoxy groups -OCH3 is 1. The Labute approximate surface area is 159 Å². The van der Waals surface area contributed by atoms with Crippen LogP contribution in [0.4, 0.5) is 5.69 Å². The van der Waals surface area contributed by atoms with Crippen molar-refractivity contribution in [3.8, 4) is 5.75 Å². The zero-order chi connectivity index (χ0) is 19.6. The van der Waals surface area contributed by atoms with Gasteiger partial charge in [-0.2, -0.15) is 0 Å². The minimum Gasteiger partial charge on any atom is -0.478 e. The predicted octanol–water partition coefficient (Wildman–Crippen LogP) is 1.02. The SMILES string of the molecule is COC(=O)C1CCN(C(=O)[C@@H]2CCN(S(C)(=O)=O)c3ccccc3O2)CC1. The summed E-state index contributed by atoms with van der Waals surface area (Å²) < 4.78 is 36.2. The van der Waals surface area contributed by atoms with E-state index in [-0.39, 0.29) is 30.8 Å². The molecule has 27 heavy (non-hydrogen) atoms. The van der Waals surface area contributed by atoms with Crippen LogP contribution in [-0.4, -0.2) is 64.3 Å². The number of carbonyl (C=O) groups is 2. The van der Waals surface area contributed by atoms with E-state index in [9.17, 15) is 18.0 Å². The molecule has 2 aliphatic rings. The van der Waals surface area contributed by atoms with Gasteiger partial charge in [0.05, 0.1) is 25.0 Å². The van der Waals surface area contributed by atoms with Gasteiger partial charge in [-0.05, 0) is 25.0 Å². The van der Waals surface area contributed by atoms with Crippen LogP contribution in [0, 0.1) is 5.92 Å². The van der Waals surface area contributed by atoms with Crippen LogP contribution in [0.25, 0.3) is 0 Å². The van der Waals surface area contributed by atoms with Gasteiger partial charge in [0.1, 0.15) is 5.75 Å². The number of benzene rings is 1. The molecule has 1 aromatic carbocycles. The van der Waals surface area contributed by atoms with Crippen LogP contribution in [-0.2, 0) is 24.3 Å². The first-order chi connectivity index (χ1) is 12.8. The quantitative estimate of drug-likeness (QED) is 0.708. The van der Waals surface area contributed by atoms with E-state index < -0.39 is 16.1 Å². The van der Waals surface area contributed by atoms with Crippen LogP contribution < -0.4 is 9.04 Å². The van der Waals surface area contributed by atoms with Gasteiger partial charge < -0.3 is 14.4 Å². The van der Waals surface area contributed by atoms with Crippen molar-refractivity contribution in [2.24, 2.45) is 5.92 Å². The number of esters is 1. The van der Waals surface area contributed by atoms with E-state index >= 15 is 0 Å².